The molecule has 1 aromatic rings. The maximum atomic E-state index is 6.00. The summed E-state index contributed by atoms with van der Waals surface area (Å²) < 4.78 is 0. The Bertz CT molecular complexity index is 357. The van der Waals surface area contributed by atoms with E-state index in [9.17, 15) is 0 Å². The van der Waals surface area contributed by atoms with E-state index in [1.54, 1.807) is 0 Å². The average molecular weight is 253 g/mol. The lowest BCUT2D eigenvalue weighted by Gasteiger charge is -2.37. The number of halogens is 1. The first-order valence-corrected chi connectivity index (χ1v) is 6.81. The van der Waals surface area contributed by atoms with Gasteiger partial charge in [0.25, 0.3) is 0 Å². The highest BCUT2D eigenvalue weighted by Crippen LogP contribution is 2.26. The van der Waals surface area contributed by atoms with Gasteiger partial charge in [0.05, 0.1) is 0 Å². The average Bonchev–Trinajstić information content (AvgIpc) is 2.39. The van der Waals surface area contributed by atoms with E-state index in [2.05, 4.69) is 48.2 Å². The Labute approximate surface area is 109 Å². The standard InChI is InChI=1S/C14H21ClN2/c1-16(2)13-7-9-17(10-8-13)14-6-4-3-5-12(14)11-15/h3-6,13H,7-11H2,1-2H3. The van der Waals surface area contributed by atoms with Crippen molar-refractivity contribution in [1.29, 1.82) is 0 Å². The highest BCUT2D eigenvalue weighted by Gasteiger charge is 2.21. The molecular weight excluding hydrogens is 232 g/mol. The number of nitrogens with zero attached hydrogens (tertiary/aromatic N) is 2. The van der Waals surface area contributed by atoms with E-state index in [1.807, 2.05) is 0 Å². The van der Waals surface area contributed by atoms with Crippen LogP contribution in [0.2, 0.25) is 0 Å². The second-order valence-corrected chi connectivity index (χ2v) is 5.21. The highest BCUT2D eigenvalue weighted by atomic mass is 35.5. The third-order valence-electron chi connectivity index (χ3n) is 3.67. The van der Waals surface area contributed by atoms with Crippen molar-refractivity contribution in [1.82, 2.24) is 4.90 Å². The topological polar surface area (TPSA) is 6.48 Å². The van der Waals surface area contributed by atoms with Gasteiger partial charge in [-0.2, -0.15) is 0 Å². The summed E-state index contributed by atoms with van der Waals surface area (Å²) in [6.07, 6.45) is 2.48. The van der Waals surface area contributed by atoms with Crippen molar-refractivity contribution in [2.45, 2.75) is 24.8 Å². The molecule has 2 rings (SSSR count). The molecule has 0 bridgehead atoms. The number of hydrogen-bond acceptors (Lipinski definition) is 2. The Morgan fingerprint density at radius 3 is 2.47 bits per heavy atom. The molecule has 0 saturated carbocycles. The number of anilines is 1. The van der Waals surface area contributed by atoms with Crippen molar-refractivity contribution in [3.63, 3.8) is 0 Å². The van der Waals surface area contributed by atoms with E-state index >= 15 is 0 Å². The molecule has 3 heteroatoms. The van der Waals surface area contributed by atoms with Crippen LogP contribution >= 0.6 is 11.6 Å². The van der Waals surface area contributed by atoms with Crippen LogP contribution in [0.3, 0.4) is 0 Å². The van der Waals surface area contributed by atoms with Crippen molar-refractivity contribution >= 4 is 17.3 Å². The van der Waals surface area contributed by atoms with Crippen LogP contribution in [-0.2, 0) is 5.88 Å². The third-order valence-corrected chi connectivity index (χ3v) is 3.96. The number of para-hydroxylation sites is 1. The Morgan fingerprint density at radius 2 is 1.88 bits per heavy atom. The van der Waals surface area contributed by atoms with E-state index in [4.69, 9.17) is 11.6 Å². The normalized spacial score (nSPS) is 17.8. The minimum absolute atomic E-state index is 0.601. The van der Waals surface area contributed by atoms with E-state index in [1.165, 1.54) is 24.1 Å². The minimum Gasteiger partial charge on any atom is -0.371 e. The summed E-state index contributed by atoms with van der Waals surface area (Å²) in [6.45, 7) is 2.27. The largest absolute Gasteiger partial charge is 0.371 e. The van der Waals surface area contributed by atoms with Crippen LogP contribution in [-0.4, -0.2) is 38.1 Å². The lowest BCUT2D eigenvalue weighted by molar-refractivity contribution is 0.249. The Balaban J connectivity index is 2.05. The van der Waals surface area contributed by atoms with Gasteiger partial charge >= 0.3 is 0 Å². The maximum absolute atomic E-state index is 6.00. The van der Waals surface area contributed by atoms with Gasteiger partial charge in [0.2, 0.25) is 0 Å². The zero-order valence-electron chi connectivity index (χ0n) is 10.7. The number of piperidine rings is 1. The molecule has 0 aliphatic carbocycles. The van der Waals surface area contributed by atoms with Crippen molar-refractivity contribution in [2.24, 2.45) is 0 Å². The molecule has 0 spiro atoms. The Kier molecular flexibility index (Phi) is 4.30. The molecule has 1 fully saturated rings. The molecule has 0 atom stereocenters. The Morgan fingerprint density at radius 1 is 1.24 bits per heavy atom. The van der Waals surface area contributed by atoms with Crippen molar-refractivity contribution in [3.05, 3.63) is 29.8 Å². The molecule has 1 heterocycles. The molecule has 94 valence electrons. The first-order valence-electron chi connectivity index (χ1n) is 6.27. The van der Waals surface area contributed by atoms with Crippen LogP contribution in [0.4, 0.5) is 5.69 Å². The van der Waals surface area contributed by atoms with Crippen LogP contribution in [0.5, 0.6) is 0 Å². The predicted octanol–water partition coefficient (Wildman–Crippen LogP) is 2.96. The first kappa shape index (κ1) is 12.7. The van der Waals surface area contributed by atoms with Crippen LogP contribution in [0, 0.1) is 0 Å². The predicted molar refractivity (Wildman–Crippen MR) is 74.9 cm³/mol. The summed E-state index contributed by atoms with van der Waals surface area (Å²) >= 11 is 6.00. The number of rotatable bonds is 3. The molecule has 0 aromatic heterocycles. The fraction of sp³-hybridized carbons (Fsp3) is 0.571. The smallest absolute Gasteiger partial charge is 0.0494 e. The van der Waals surface area contributed by atoms with Crippen molar-refractivity contribution in [2.75, 3.05) is 32.1 Å². The zero-order valence-corrected chi connectivity index (χ0v) is 11.5. The molecule has 0 N–H and O–H groups in total. The maximum Gasteiger partial charge on any atom is 0.0494 e. The van der Waals surface area contributed by atoms with E-state index < -0.39 is 0 Å². The monoisotopic (exact) mass is 252 g/mol. The summed E-state index contributed by atoms with van der Waals surface area (Å²) in [5.74, 6) is 0.601. The molecule has 0 unspecified atom stereocenters. The van der Waals surface area contributed by atoms with E-state index in [0.29, 0.717) is 5.88 Å². The molecule has 1 saturated heterocycles. The van der Waals surface area contributed by atoms with Gasteiger partial charge in [0.1, 0.15) is 0 Å². The van der Waals surface area contributed by atoms with Crippen LogP contribution < -0.4 is 4.90 Å². The summed E-state index contributed by atoms with van der Waals surface area (Å²) in [5, 5.41) is 0. The van der Waals surface area contributed by atoms with Gasteiger partial charge in [0.15, 0.2) is 0 Å². The summed E-state index contributed by atoms with van der Waals surface area (Å²) in [4.78, 5) is 4.81. The van der Waals surface area contributed by atoms with Crippen LogP contribution in [0.1, 0.15) is 18.4 Å². The molecule has 2 nitrogen and oxygen atoms in total. The van der Waals surface area contributed by atoms with Gasteiger partial charge in [-0.05, 0) is 38.6 Å². The zero-order chi connectivity index (χ0) is 12.3. The van der Waals surface area contributed by atoms with Gasteiger partial charge in [0, 0.05) is 30.7 Å². The summed E-state index contributed by atoms with van der Waals surface area (Å²) in [5.41, 5.74) is 2.57. The summed E-state index contributed by atoms with van der Waals surface area (Å²) in [7, 11) is 4.35. The molecule has 0 radical (unpaired) electrons. The van der Waals surface area contributed by atoms with Gasteiger partial charge in [-0.3, -0.25) is 0 Å². The van der Waals surface area contributed by atoms with Crippen LogP contribution in [0.25, 0.3) is 0 Å². The quantitative estimate of drug-likeness (QED) is 0.764. The second-order valence-electron chi connectivity index (χ2n) is 4.94. The van der Waals surface area contributed by atoms with E-state index in [-0.39, 0.29) is 0 Å². The number of alkyl halides is 1. The minimum atomic E-state index is 0.601. The number of benzene rings is 1. The highest BCUT2D eigenvalue weighted by molar-refractivity contribution is 6.17. The SMILES string of the molecule is CN(C)C1CCN(c2ccccc2CCl)CC1. The fourth-order valence-electron chi connectivity index (χ4n) is 2.56. The Hall–Kier alpha value is -0.730. The van der Waals surface area contributed by atoms with E-state index in [0.717, 1.165) is 19.1 Å². The molecular formula is C14H21ClN2. The van der Waals surface area contributed by atoms with Crippen molar-refractivity contribution < 1.29 is 0 Å². The van der Waals surface area contributed by atoms with Gasteiger partial charge in [-0.1, -0.05) is 18.2 Å². The van der Waals surface area contributed by atoms with Gasteiger partial charge in [-0.25, -0.2) is 0 Å². The molecule has 0 amide bonds. The van der Waals surface area contributed by atoms with Crippen molar-refractivity contribution in [3.8, 4) is 0 Å². The third kappa shape index (κ3) is 2.93. The lowest BCUT2D eigenvalue weighted by atomic mass is 10.0. The molecule has 1 aliphatic rings. The lowest BCUT2D eigenvalue weighted by Crippen LogP contribution is -2.42. The second kappa shape index (κ2) is 5.74. The molecule has 1 aromatic carbocycles. The first-order chi connectivity index (χ1) is 8.22. The molecule has 17 heavy (non-hydrogen) atoms. The fourth-order valence-corrected chi connectivity index (χ4v) is 2.78. The molecule has 1 aliphatic heterocycles. The summed E-state index contributed by atoms with van der Waals surface area (Å²) in [6, 6.07) is 9.21. The van der Waals surface area contributed by atoms with Gasteiger partial charge < -0.3 is 9.80 Å². The number of hydrogen-bond donors (Lipinski definition) is 0. The van der Waals surface area contributed by atoms with Crippen LogP contribution in [0.15, 0.2) is 24.3 Å². The van der Waals surface area contributed by atoms with Gasteiger partial charge in [-0.15, -0.1) is 11.6 Å².